The molecule has 1 aromatic rings. The Balaban J connectivity index is 1.73. The van der Waals surface area contributed by atoms with Crippen LogP contribution in [0.2, 0.25) is 5.02 Å². The standard InChI is InChI=1S/C14H22ClN3O/c1-3-11-14(15)12(18(2)17-11)7-10(16)9-6-8-4-5-13(9)19-8/h8-10,13H,3-7,16H2,1-2H3. The summed E-state index contributed by atoms with van der Waals surface area (Å²) >= 11 is 6.39. The van der Waals surface area contributed by atoms with Gasteiger partial charge in [-0.1, -0.05) is 18.5 Å². The SMILES string of the molecule is CCc1nn(C)c(CC(N)C2CC3CCC2O3)c1Cl. The lowest BCUT2D eigenvalue weighted by Gasteiger charge is -2.25. The third-order valence-corrected chi connectivity index (χ3v) is 5.07. The minimum atomic E-state index is 0.118. The molecule has 2 fully saturated rings. The summed E-state index contributed by atoms with van der Waals surface area (Å²) in [5, 5.41) is 5.25. The molecule has 2 saturated heterocycles. The van der Waals surface area contributed by atoms with Gasteiger partial charge < -0.3 is 10.5 Å². The fourth-order valence-corrected chi connectivity index (χ4v) is 3.91. The Morgan fingerprint density at radius 1 is 1.53 bits per heavy atom. The van der Waals surface area contributed by atoms with Gasteiger partial charge in [0.2, 0.25) is 0 Å². The molecule has 2 bridgehead atoms. The third-order valence-electron chi connectivity index (χ3n) is 4.63. The molecule has 0 spiro atoms. The first kappa shape index (κ1) is 13.4. The molecule has 0 aliphatic carbocycles. The Bertz CT molecular complexity index is 474. The van der Waals surface area contributed by atoms with E-state index in [1.54, 1.807) is 0 Å². The van der Waals surface area contributed by atoms with E-state index >= 15 is 0 Å². The van der Waals surface area contributed by atoms with Gasteiger partial charge in [0.1, 0.15) is 0 Å². The summed E-state index contributed by atoms with van der Waals surface area (Å²) in [6.07, 6.45) is 5.97. The molecule has 3 heterocycles. The van der Waals surface area contributed by atoms with Crippen molar-refractivity contribution in [2.24, 2.45) is 18.7 Å². The molecule has 0 amide bonds. The van der Waals surface area contributed by atoms with Crippen molar-refractivity contribution in [3.63, 3.8) is 0 Å². The molecular weight excluding hydrogens is 262 g/mol. The average molecular weight is 284 g/mol. The van der Waals surface area contributed by atoms with Crippen LogP contribution in [0.15, 0.2) is 0 Å². The predicted molar refractivity (Wildman–Crippen MR) is 75.3 cm³/mol. The molecule has 0 radical (unpaired) electrons. The van der Waals surface area contributed by atoms with E-state index in [2.05, 4.69) is 12.0 Å². The van der Waals surface area contributed by atoms with E-state index in [9.17, 15) is 0 Å². The molecule has 106 valence electrons. The Morgan fingerprint density at radius 2 is 2.32 bits per heavy atom. The minimum Gasteiger partial charge on any atom is -0.375 e. The van der Waals surface area contributed by atoms with Crippen LogP contribution >= 0.6 is 11.6 Å². The second-order valence-corrected chi connectivity index (χ2v) is 6.20. The second kappa shape index (κ2) is 5.08. The van der Waals surface area contributed by atoms with Gasteiger partial charge >= 0.3 is 0 Å². The van der Waals surface area contributed by atoms with E-state index in [0.29, 0.717) is 18.1 Å². The van der Waals surface area contributed by atoms with E-state index in [-0.39, 0.29) is 6.04 Å². The van der Waals surface area contributed by atoms with Crippen molar-refractivity contribution in [2.45, 2.75) is 57.3 Å². The first-order chi connectivity index (χ1) is 9.10. The summed E-state index contributed by atoms with van der Waals surface area (Å²) in [5.41, 5.74) is 8.44. The highest BCUT2D eigenvalue weighted by Gasteiger charge is 2.43. The van der Waals surface area contributed by atoms with Crippen molar-refractivity contribution in [3.05, 3.63) is 16.4 Å². The number of halogens is 1. The van der Waals surface area contributed by atoms with Crippen molar-refractivity contribution >= 4 is 11.6 Å². The average Bonchev–Trinajstić information content (AvgIpc) is 3.08. The number of hydrogen-bond acceptors (Lipinski definition) is 3. The van der Waals surface area contributed by atoms with Gasteiger partial charge in [0.25, 0.3) is 0 Å². The van der Waals surface area contributed by atoms with Gasteiger partial charge in [0.15, 0.2) is 0 Å². The number of aromatic nitrogens is 2. The van der Waals surface area contributed by atoms with Gasteiger partial charge in [-0.3, -0.25) is 4.68 Å². The van der Waals surface area contributed by atoms with Crippen LogP contribution in [0.4, 0.5) is 0 Å². The van der Waals surface area contributed by atoms with Crippen molar-refractivity contribution in [1.29, 1.82) is 0 Å². The largest absolute Gasteiger partial charge is 0.375 e. The Morgan fingerprint density at radius 3 is 2.84 bits per heavy atom. The zero-order chi connectivity index (χ0) is 13.6. The number of ether oxygens (including phenoxy) is 1. The van der Waals surface area contributed by atoms with Crippen molar-refractivity contribution in [2.75, 3.05) is 0 Å². The quantitative estimate of drug-likeness (QED) is 0.920. The van der Waals surface area contributed by atoms with Crippen LogP contribution in [0.5, 0.6) is 0 Å². The highest BCUT2D eigenvalue weighted by molar-refractivity contribution is 6.31. The van der Waals surface area contributed by atoms with Crippen LogP contribution in [0, 0.1) is 5.92 Å². The van der Waals surface area contributed by atoms with E-state index in [4.69, 9.17) is 22.1 Å². The molecule has 2 N–H and O–H groups in total. The van der Waals surface area contributed by atoms with Gasteiger partial charge in [-0.25, -0.2) is 0 Å². The fourth-order valence-electron chi connectivity index (χ4n) is 3.54. The third kappa shape index (κ3) is 2.30. The summed E-state index contributed by atoms with van der Waals surface area (Å²) in [4.78, 5) is 0. The monoisotopic (exact) mass is 283 g/mol. The summed E-state index contributed by atoms with van der Waals surface area (Å²) < 4.78 is 7.78. The lowest BCUT2D eigenvalue weighted by atomic mass is 9.82. The lowest BCUT2D eigenvalue weighted by Crippen LogP contribution is -2.38. The Labute approximate surface area is 119 Å². The topological polar surface area (TPSA) is 53.1 Å². The van der Waals surface area contributed by atoms with Crippen LogP contribution in [0.1, 0.15) is 37.6 Å². The van der Waals surface area contributed by atoms with Crippen molar-refractivity contribution < 1.29 is 4.74 Å². The molecule has 1 aromatic heterocycles. The molecule has 3 rings (SSSR count). The molecule has 0 saturated carbocycles. The van der Waals surface area contributed by atoms with Gasteiger partial charge in [-0.05, 0) is 25.7 Å². The number of fused-ring (bicyclic) bond motifs is 2. The summed E-state index contributed by atoms with van der Waals surface area (Å²) in [5.74, 6) is 0.481. The first-order valence-electron chi connectivity index (χ1n) is 7.21. The van der Waals surface area contributed by atoms with Crippen LogP contribution in [-0.2, 0) is 24.6 Å². The first-order valence-corrected chi connectivity index (χ1v) is 7.59. The maximum atomic E-state index is 6.41. The predicted octanol–water partition coefficient (Wildman–Crippen LogP) is 2.07. The van der Waals surface area contributed by atoms with Crippen molar-refractivity contribution in [1.82, 2.24) is 9.78 Å². The normalized spacial score (nSPS) is 31.1. The Kier molecular flexibility index (Phi) is 3.58. The maximum Gasteiger partial charge on any atom is 0.0850 e. The summed E-state index contributed by atoms with van der Waals surface area (Å²) in [6, 6.07) is 0.118. The highest BCUT2D eigenvalue weighted by Crippen LogP contribution is 2.40. The van der Waals surface area contributed by atoms with E-state index in [0.717, 1.165) is 35.7 Å². The van der Waals surface area contributed by atoms with Crippen LogP contribution < -0.4 is 5.73 Å². The number of aryl methyl sites for hydroxylation is 2. The van der Waals surface area contributed by atoms with E-state index in [1.807, 2.05) is 11.7 Å². The molecule has 2 aliphatic rings. The van der Waals surface area contributed by atoms with E-state index in [1.165, 1.54) is 12.8 Å². The second-order valence-electron chi connectivity index (χ2n) is 5.83. The van der Waals surface area contributed by atoms with E-state index < -0.39 is 0 Å². The molecule has 4 unspecified atom stereocenters. The summed E-state index contributed by atoms with van der Waals surface area (Å²) in [7, 11) is 1.95. The van der Waals surface area contributed by atoms with Gasteiger partial charge in [-0.2, -0.15) is 5.10 Å². The molecule has 2 aliphatic heterocycles. The molecular formula is C14H22ClN3O. The van der Waals surface area contributed by atoms with Gasteiger partial charge in [0.05, 0.1) is 28.6 Å². The Hall–Kier alpha value is -0.580. The lowest BCUT2D eigenvalue weighted by molar-refractivity contribution is 0.0884. The fraction of sp³-hybridized carbons (Fsp3) is 0.786. The van der Waals surface area contributed by atoms with Gasteiger partial charge in [-0.15, -0.1) is 0 Å². The van der Waals surface area contributed by atoms with Crippen LogP contribution in [0.25, 0.3) is 0 Å². The van der Waals surface area contributed by atoms with Crippen LogP contribution in [-0.4, -0.2) is 28.0 Å². The highest BCUT2D eigenvalue weighted by atomic mass is 35.5. The minimum absolute atomic E-state index is 0.118. The molecule has 19 heavy (non-hydrogen) atoms. The molecule has 0 aromatic carbocycles. The zero-order valence-corrected chi connectivity index (χ0v) is 12.4. The number of hydrogen-bond donors (Lipinski definition) is 1. The number of nitrogens with zero attached hydrogens (tertiary/aromatic N) is 2. The molecule has 4 nitrogen and oxygen atoms in total. The van der Waals surface area contributed by atoms with Crippen molar-refractivity contribution in [3.8, 4) is 0 Å². The smallest absolute Gasteiger partial charge is 0.0850 e. The maximum absolute atomic E-state index is 6.41. The number of nitrogens with two attached hydrogens (primary N) is 1. The molecule has 4 atom stereocenters. The zero-order valence-electron chi connectivity index (χ0n) is 11.6. The van der Waals surface area contributed by atoms with Crippen LogP contribution in [0.3, 0.4) is 0 Å². The van der Waals surface area contributed by atoms with Gasteiger partial charge in [0, 0.05) is 25.4 Å². The number of rotatable bonds is 4. The summed E-state index contributed by atoms with van der Waals surface area (Å²) in [6.45, 7) is 2.07. The molecule has 5 heteroatoms.